The maximum absolute atomic E-state index is 14.6. The van der Waals surface area contributed by atoms with Gasteiger partial charge in [0, 0.05) is 31.4 Å². The molecule has 1 aliphatic heterocycles. The molecule has 1 aliphatic carbocycles. The molecular weight excluding hydrogens is 516 g/mol. The lowest BCUT2D eigenvalue weighted by Gasteiger charge is -2.18. The Hall–Kier alpha value is -3.36. The van der Waals surface area contributed by atoms with Gasteiger partial charge in [0.15, 0.2) is 0 Å². The number of hydrogen-bond donors (Lipinski definition) is 2. The lowest BCUT2D eigenvalue weighted by molar-refractivity contribution is 0.101. The predicted octanol–water partition coefficient (Wildman–Crippen LogP) is 7.00. The Balaban J connectivity index is 1.43. The summed E-state index contributed by atoms with van der Waals surface area (Å²) < 4.78 is 22.7. The Labute approximate surface area is 223 Å². The standard InChI is InChI=1S/C27H24Cl2FN5O2/c1-27(2)10-16-23-21(33-26(35(23)3)34-22-17(28)11-31-12-18(22)29)9-15(24(16)37-27)25(36)32-20-8-14(13-4-5-13)6-7-19(20)30/h6-9,11-13H,4-5,10H2,1-3H3,(H,32,36)(H,31,33,34). The Morgan fingerprint density at radius 3 is 2.62 bits per heavy atom. The summed E-state index contributed by atoms with van der Waals surface area (Å²) in [4.78, 5) is 22.2. The second-order valence-electron chi connectivity index (χ2n) is 10.2. The molecule has 1 amide bonds. The quantitative estimate of drug-likeness (QED) is 0.285. The molecule has 37 heavy (non-hydrogen) atoms. The van der Waals surface area contributed by atoms with Gasteiger partial charge in [-0.05, 0) is 56.4 Å². The Bertz CT molecular complexity index is 1580. The van der Waals surface area contributed by atoms with Crippen LogP contribution in [0.2, 0.25) is 10.0 Å². The molecule has 0 bridgehead atoms. The molecule has 2 N–H and O–H groups in total. The van der Waals surface area contributed by atoms with E-state index in [9.17, 15) is 9.18 Å². The second-order valence-corrected chi connectivity index (χ2v) is 11.0. The van der Waals surface area contributed by atoms with Crippen molar-refractivity contribution in [3.8, 4) is 5.75 Å². The molecular formula is C27H24Cl2FN5O2. The van der Waals surface area contributed by atoms with Crippen molar-refractivity contribution >= 4 is 57.5 Å². The number of hydrogen-bond acceptors (Lipinski definition) is 5. The molecule has 4 aromatic rings. The Morgan fingerprint density at radius 2 is 1.92 bits per heavy atom. The van der Waals surface area contributed by atoms with E-state index in [2.05, 4.69) is 15.6 Å². The third kappa shape index (κ3) is 4.28. The molecule has 1 fully saturated rings. The number of nitrogens with zero attached hydrogens (tertiary/aromatic N) is 3. The van der Waals surface area contributed by atoms with Crippen molar-refractivity contribution in [1.82, 2.24) is 14.5 Å². The molecule has 2 aromatic carbocycles. The predicted molar refractivity (Wildman–Crippen MR) is 143 cm³/mol. The average Bonchev–Trinajstić information content (AvgIpc) is 3.56. The molecule has 1 saturated carbocycles. The van der Waals surface area contributed by atoms with Crippen molar-refractivity contribution < 1.29 is 13.9 Å². The summed E-state index contributed by atoms with van der Waals surface area (Å²) in [7, 11) is 1.87. The van der Waals surface area contributed by atoms with Gasteiger partial charge in [-0.15, -0.1) is 0 Å². The first-order chi connectivity index (χ1) is 17.6. The van der Waals surface area contributed by atoms with Gasteiger partial charge in [-0.25, -0.2) is 9.37 Å². The molecule has 0 atom stereocenters. The normalized spacial score (nSPS) is 15.9. The van der Waals surface area contributed by atoms with Crippen molar-refractivity contribution in [3.63, 3.8) is 0 Å². The van der Waals surface area contributed by atoms with Gasteiger partial charge in [-0.2, -0.15) is 0 Å². The third-order valence-electron chi connectivity index (χ3n) is 6.81. The van der Waals surface area contributed by atoms with Crippen LogP contribution < -0.4 is 15.4 Å². The molecule has 7 nitrogen and oxygen atoms in total. The van der Waals surface area contributed by atoms with Crippen LogP contribution >= 0.6 is 23.2 Å². The number of fused-ring (bicyclic) bond motifs is 3. The monoisotopic (exact) mass is 539 g/mol. The second kappa shape index (κ2) is 8.60. The van der Waals surface area contributed by atoms with E-state index in [1.165, 1.54) is 18.5 Å². The average molecular weight is 540 g/mol. The zero-order chi connectivity index (χ0) is 26.1. The van der Waals surface area contributed by atoms with Gasteiger partial charge in [-0.3, -0.25) is 9.78 Å². The molecule has 0 unspecified atom stereocenters. The number of ether oxygens (including phenoxy) is 1. The molecule has 3 heterocycles. The van der Waals surface area contributed by atoms with Crippen LogP contribution in [0.15, 0.2) is 36.7 Å². The first kappa shape index (κ1) is 24.0. The fourth-order valence-electron chi connectivity index (χ4n) is 4.89. The topological polar surface area (TPSA) is 81.1 Å². The number of pyridine rings is 1. The smallest absolute Gasteiger partial charge is 0.259 e. The number of aromatic nitrogens is 3. The summed E-state index contributed by atoms with van der Waals surface area (Å²) >= 11 is 12.6. The van der Waals surface area contributed by atoms with Crippen LogP contribution in [-0.2, 0) is 13.5 Å². The van der Waals surface area contributed by atoms with Crippen molar-refractivity contribution in [2.24, 2.45) is 7.05 Å². The first-order valence-corrected chi connectivity index (χ1v) is 12.7. The molecule has 6 rings (SSSR count). The molecule has 10 heteroatoms. The summed E-state index contributed by atoms with van der Waals surface area (Å²) in [6, 6.07) is 6.58. The number of carbonyl (C=O) groups is 1. The van der Waals surface area contributed by atoms with Crippen LogP contribution in [-0.4, -0.2) is 26.0 Å². The van der Waals surface area contributed by atoms with E-state index in [-0.39, 0.29) is 5.69 Å². The van der Waals surface area contributed by atoms with Gasteiger partial charge in [0.2, 0.25) is 5.95 Å². The van der Waals surface area contributed by atoms with E-state index in [1.807, 2.05) is 25.5 Å². The van der Waals surface area contributed by atoms with Crippen LogP contribution in [0.3, 0.4) is 0 Å². The molecule has 2 aliphatic rings. The maximum Gasteiger partial charge on any atom is 0.259 e. The highest BCUT2D eigenvalue weighted by molar-refractivity contribution is 6.39. The van der Waals surface area contributed by atoms with Gasteiger partial charge in [0.1, 0.15) is 17.2 Å². The number of rotatable bonds is 5. The summed E-state index contributed by atoms with van der Waals surface area (Å²) in [5.41, 5.74) is 3.71. The summed E-state index contributed by atoms with van der Waals surface area (Å²) in [5.74, 6) is 0.457. The van der Waals surface area contributed by atoms with Crippen LogP contribution in [0.1, 0.15) is 54.1 Å². The fourth-order valence-corrected chi connectivity index (χ4v) is 5.35. The van der Waals surface area contributed by atoms with Crippen molar-refractivity contribution in [2.75, 3.05) is 10.6 Å². The number of anilines is 3. The summed E-state index contributed by atoms with van der Waals surface area (Å²) in [5, 5.41) is 6.65. The fraction of sp³-hybridized carbons (Fsp3) is 0.296. The molecule has 2 aromatic heterocycles. The van der Waals surface area contributed by atoms with Gasteiger partial charge in [0.25, 0.3) is 5.91 Å². The van der Waals surface area contributed by atoms with Crippen molar-refractivity contribution in [2.45, 2.75) is 44.6 Å². The van der Waals surface area contributed by atoms with Gasteiger partial charge < -0.3 is 19.9 Å². The van der Waals surface area contributed by atoms with Crippen LogP contribution in [0.25, 0.3) is 11.0 Å². The maximum atomic E-state index is 14.6. The van der Waals surface area contributed by atoms with Gasteiger partial charge in [-0.1, -0.05) is 29.3 Å². The van der Waals surface area contributed by atoms with Crippen LogP contribution in [0.4, 0.5) is 21.7 Å². The SMILES string of the molecule is Cn1c(Nc2c(Cl)cncc2Cl)nc2cc(C(=O)Nc3cc(C4CC4)ccc3F)c3c(c21)CC(C)(C)O3. The Kier molecular flexibility index (Phi) is 5.58. The highest BCUT2D eigenvalue weighted by atomic mass is 35.5. The zero-order valence-corrected chi connectivity index (χ0v) is 22.0. The van der Waals surface area contributed by atoms with Crippen LogP contribution in [0, 0.1) is 5.82 Å². The number of amides is 1. The number of nitrogens with one attached hydrogen (secondary N) is 2. The highest BCUT2D eigenvalue weighted by Gasteiger charge is 2.37. The van der Waals surface area contributed by atoms with E-state index in [1.54, 1.807) is 18.2 Å². The number of carbonyl (C=O) groups excluding carboxylic acids is 1. The Morgan fingerprint density at radius 1 is 1.19 bits per heavy atom. The van der Waals surface area contributed by atoms with E-state index < -0.39 is 17.3 Å². The van der Waals surface area contributed by atoms with E-state index in [4.69, 9.17) is 32.9 Å². The molecule has 190 valence electrons. The van der Waals surface area contributed by atoms with Crippen LogP contribution in [0.5, 0.6) is 5.75 Å². The summed E-state index contributed by atoms with van der Waals surface area (Å²) in [6.45, 7) is 3.93. The largest absolute Gasteiger partial charge is 0.486 e. The first-order valence-electron chi connectivity index (χ1n) is 12.0. The van der Waals surface area contributed by atoms with Crippen molar-refractivity contribution in [1.29, 1.82) is 0 Å². The minimum absolute atomic E-state index is 0.158. The van der Waals surface area contributed by atoms with E-state index in [0.29, 0.717) is 50.8 Å². The third-order valence-corrected chi connectivity index (χ3v) is 7.38. The number of benzene rings is 2. The lowest BCUT2D eigenvalue weighted by Crippen LogP contribution is -2.25. The minimum atomic E-state index is -0.529. The molecule has 0 saturated heterocycles. The summed E-state index contributed by atoms with van der Waals surface area (Å²) in [6.07, 6.45) is 5.72. The van der Waals surface area contributed by atoms with Crippen molar-refractivity contribution in [3.05, 3.63) is 69.2 Å². The number of aryl methyl sites for hydroxylation is 1. The minimum Gasteiger partial charge on any atom is -0.486 e. The lowest BCUT2D eigenvalue weighted by atomic mass is 9.98. The molecule has 0 radical (unpaired) electrons. The van der Waals surface area contributed by atoms with Gasteiger partial charge in [0.05, 0.1) is 38.0 Å². The highest BCUT2D eigenvalue weighted by Crippen LogP contribution is 2.44. The number of halogens is 3. The number of imidazole rings is 1. The van der Waals surface area contributed by atoms with Gasteiger partial charge >= 0.3 is 0 Å². The van der Waals surface area contributed by atoms with E-state index >= 15 is 0 Å². The van der Waals surface area contributed by atoms with E-state index in [0.717, 1.165) is 29.5 Å². The molecule has 0 spiro atoms. The zero-order valence-electron chi connectivity index (χ0n) is 20.5.